The average molecular weight is 269 g/mol. The Hall–Kier alpha value is -1.10. The topological polar surface area (TPSA) is 66.8 Å². The number of carbonyl (C=O) groups excluding carboxylic acids is 1. The van der Waals surface area contributed by atoms with E-state index in [0.29, 0.717) is 38.6 Å². The van der Waals surface area contributed by atoms with E-state index in [2.05, 4.69) is 0 Å². The molecular weight excluding hydrogens is 246 g/mol. The molecule has 19 heavy (non-hydrogen) atoms. The van der Waals surface area contributed by atoms with E-state index in [1.54, 1.807) is 4.90 Å². The summed E-state index contributed by atoms with van der Waals surface area (Å²) in [5, 5.41) is 9.29. The molecule has 1 heterocycles. The van der Waals surface area contributed by atoms with Crippen LogP contribution < -0.4 is 0 Å². The molecule has 0 radical (unpaired) electrons. The second-order valence-electron chi connectivity index (χ2n) is 5.62. The number of morpholine rings is 1. The summed E-state index contributed by atoms with van der Waals surface area (Å²) in [5.41, 5.74) is 0. The van der Waals surface area contributed by atoms with E-state index in [0.717, 1.165) is 12.8 Å². The summed E-state index contributed by atoms with van der Waals surface area (Å²) in [7, 11) is 0. The molecule has 1 aliphatic carbocycles. The summed E-state index contributed by atoms with van der Waals surface area (Å²) in [6.45, 7) is 2.31. The molecule has 1 atom stereocenters. The molecule has 2 aliphatic rings. The van der Waals surface area contributed by atoms with Crippen molar-refractivity contribution < 1.29 is 19.4 Å². The van der Waals surface area contributed by atoms with Gasteiger partial charge in [-0.3, -0.25) is 9.59 Å². The molecule has 0 aromatic carbocycles. The zero-order valence-electron chi connectivity index (χ0n) is 11.3. The number of ether oxygens (including phenoxy) is 1. The molecule has 1 saturated carbocycles. The SMILES string of the molecule is O=C(O)[C@@H](CC(=O)N1CCOCC1)CC1CCCC1. The molecule has 0 spiro atoms. The lowest BCUT2D eigenvalue weighted by molar-refractivity contribution is -0.147. The molecule has 0 unspecified atom stereocenters. The highest BCUT2D eigenvalue weighted by Gasteiger charge is 2.29. The molecule has 2 rings (SSSR count). The van der Waals surface area contributed by atoms with Gasteiger partial charge in [-0.2, -0.15) is 0 Å². The Balaban J connectivity index is 1.84. The van der Waals surface area contributed by atoms with Gasteiger partial charge in [-0.15, -0.1) is 0 Å². The number of aliphatic carboxylic acids is 1. The first-order valence-corrected chi connectivity index (χ1v) is 7.25. The van der Waals surface area contributed by atoms with Crippen LogP contribution in [-0.4, -0.2) is 48.2 Å². The fourth-order valence-electron chi connectivity index (χ4n) is 3.07. The summed E-state index contributed by atoms with van der Waals surface area (Å²) in [6.07, 6.45) is 5.45. The highest BCUT2D eigenvalue weighted by Crippen LogP contribution is 2.31. The van der Waals surface area contributed by atoms with Gasteiger partial charge in [-0.1, -0.05) is 25.7 Å². The lowest BCUT2D eigenvalue weighted by Crippen LogP contribution is -2.42. The quantitative estimate of drug-likeness (QED) is 0.821. The molecular formula is C14H23NO4. The first kappa shape index (κ1) is 14.3. The first-order chi connectivity index (χ1) is 9.16. The number of carbonyl (C=O) groups is 2. The molecule has 2 fully saturated rings. The molecule has 108 valence electrons. The number of hydrogen-bond acceptors (Lipinski definition) is 3. The zero-order valence-corrected chi connectivity index (χ0v) is 11.3. The van der Waals surface area contributed by atoms with Gasteiger partial charge in [0.15, 0.2) is 0 Å². The summed E-state index contributed by atoms with van der Waals surface area (Å²) < 4.78 is 5.20. The van der Waals surface area contributed by atoms with Crippen molar-refractivity contribution in [3.05, 3.63) is 0 Å². The third-order valence-electron chi connectivity index (χ3n) is 4.23. The van der Waals surface area contributed by atoms with Crippen LogP contribution in [0.15, 0.2) is 0 Å². The van der Waals surface area contributed by atoms with Crippen LogP contribution in [0.25, 0.3) is 0 Å². The van der Waals surface area contributed by atoms with E-state index >= 15 is 0 Å². The smallest absolute Gasteiger partial charge is 0.307 e. The molecule has 5 heteroatoms. The molecule has 1 amide bonds. The molecule has 0 aromatic rings. The molecule has 0 aromatic heterocycles. The fraction of sp³-hybridized carbons (Fsp3) is 0.857. The molecule has 1 N–H and O–H groups in total. The summed E-state index contributed by atoms with van der Waals surface area (Å²) >= 11 is 0. The van der Waals surface area contributed by atoms with Crippen LogP contribution in [0, 0.1) is 11.8 Å². The van der Waals surface area contributed by atoms with E-state index in [-0.39, 0.29) is 12.3 Å². The van der Waals surface area contributed by atoms with Gasteiger partial charge < -0.3 is 14.7 Å². The van der Waals surface area contributed by atoms with Crippen molar-refractivity contribution in [3.8, 4) is 0 Å². The van der Waals surface area contributed by atoms with Crippen LogP contribution in [-0.2, 0) is 14.3 Å². The maximum Gasteiger partial charge on any atom is 0.307 e. The molecule has 0 bridgehead atoms. The molecule has 1 aliphatic heterocycles. The minimum Gasteiger partial charge on any atom is -0.481 e. The second-order valence-corrected chi connectivity index (χ2v) is 5.62. The van der Waals surface area contributed by atoms with Crippen molar-refractivity contribution >= 4 is 11.9 Å². The number of carboxylic acids is 1. The Morgan fingerprint density at radius 1 is 1.21 bits per heavy atom. The van der Waals surface area contributed by atoms with E-state index in [1.165, 1.54) is 12.8 Å². The minimum absolute atomic E-state index is 0.0336. The highest BCUT2D eigenvalue weighted by molar-refractivity contribution is 5.82. The largest absolute Gasteiger partial charge is 0.481 e. The van der Waals surface area contributed by atoms with Gasteiger partial charge in [0.2, 0.25) is 5.91 Å². The predicted molar refractivity (Wildman–Crippen MR) is 69.7 cm³/mol. The van der Waals surface area contributed by atoms with Crippen molar-refractivity contribution in [2.24, 2.45) is 11.8 Å². The van der Waals surface area contributed by atoms with Crippen molar-refractivity contribution in [3.63, 3.8) is 0 Å². The predicted octanol–water partition coefficient (Wildman–Crippen LogP) is 1.52. The molecule has 1 saturated heterocycles. The maximum absolute atomic E-state index is 12.1. The first-order valence-electron chi connectivity index (χ1n) is 7.25. The number of carboxylic acid groups (broad SMARTS) is 1. The normalized spacial score (nSPS) is 22.4. The van der Waals surface area contributed by atoms with Crippen molar-refractivity contribution in [2.75, 3.05) is 26.3 Å². The van der Waals surface area contributed by atoms with Crippen LogP contribution in [0.5, 0.6) is 0 Å². The lowest BCUT2D eigenvalue weighted by Gasteiger charge is -2.28. The lowest BCUT2D eigenvalue weighted by atomic mass is 9.90. The number of nitrogens with zero attached hydrogens (tertiary/aromatic N) is 1. The Labute approximate surface area is 113 Å². The maximum atomic E-state index is 12.1. The summed E-state index contributed by atoms with van der Waals surface area (Å²) in [4.78, 5) is 25.1. The summed E-state index contributed by atoms with van der Waals surface area (Å²) in [5.74, 6) is -0.876. The van der Waals surface area contributed by atoms with Crippen molar-refractivity contribution in [2.45, 2.75) is 38.5 Å². The van der Waals surface area contributed by atoms with Gasteiger partial charge in [-0.25, -0.2) is 0 Å². The second kappa shape index (κ2) is 6.89. The van der Waals surface area contributed by atoms with E-state index < -0.39 is 11.9 Å². The van der Waals surface area contributed by atoms with Gasteiger partial charge in [0, 0.05) is 19.5 Å². The Bertz CT molecular complexity index is 319. The zero-order chi connectivity index (χ0) is 13.7. The fourth-order valence-corrected chi connectivity index (χ4v) is 3.07. The summed E-state index contributed by atoms with van der Waals surface area (Å²) in [6, 6.07) is 0. The monoisotopic (exact) mass is 269 g/mol. The van der Waals surface area contributed by atoms with Crippen LogP contribution in [0.2, 0.25) is 0 Å². The number of hydrogen-bond donors (Lipinski definition) is 1. The third-order valence-corrected chi connectivity index (χ3v) is 4.23. The van der Waals surface area contributed by atoms with Gasteiger partial charge >= 0.3 is 5.97 Å². The van der Waals surface area contributed by atoms with Crippen LogP contribution in [0.1, 0.15) is 38.5 Å². The van der Waals surface area contributed by atoms with E-state index in [1.807, 2.05) is 0 Å². The van der Waals surface area contributed by atoms with Gasteiger partial charge in [-0.05, 0) is 12.3 Å². The van der Waals surface area contributed by atoms with Crippen LogP contribution in [0.3, 0.4) is 0 Å². The number of rotatable bonds is 5. The average Bonchev–Trinajstić information content (AvgIpc) is 2.91. The Kier molecular flexibility index (Phi) is 5.19. The Morgan fingerprint density at radius 3 is 2.42 bits per heavy atom. The standard InChI is InChI=1S/C14H23NO4/c16-13(15-5-7-19-8-6-15)10-12(14(17)18)9-11-3-1-2-4-11/h11-12H,1-10H2,(H,17,18)/t12-/m1/s1. The van der Waals surface area contributed by atoms with Crippen LogP contribution >= 0.6 is 0 Å². The van der Waals surface area contributed by atoms with Crippen molar-refractivity contribution in [1.82, 2.24) is 4.90 Å². The van der Waals surface area contributed by atoms with Gasteiger partial charge in [0.25, 0.3) is 0 Å². The van der Waals surface area contributed by atoms with Crippen LogP contribution in [0.4, 0.5) is 0 Å². The third kappa shape index (κ3) is 4.20. The van der Waals surface area contributed by atoms with E-state index in [4.69, 9.17) is 4.74 Å². The van der Waals surface area contributed by atoms with Crippen molar-refractivity contribution in [1.29, 1.82) is 0 Å². The highest BCUT2D eigenvalue weighted by atomic mass is 16.5. The van der Waals surface area contributed by atoms with Gasteiger partial charge in [0.1, 0.15) is 0 Å². The minimum atomic E-state index is -0.825. The Morgan fingerprint density at radius 2 is 1.84 bits per heavy atom. The molecule has 5 nitrogen and oxygen atoms in total. The number of amides is 1. The van der Waals surface area contributed by atoms with Gasteiger partial charge in [0.05, 0.1) is 19.1 Å². The van der Waals surface area contributed by atoms with E-state index in [9.17, 15) is 14.7 Å².